The molecule has 1 aliphatic heterocycles. The molecule has 0 bridgehead atoms. The summed E-state index contributed by atoms with van der Waals surface area (Å²) < 4.78 is 0. The van der Waals surface area contributed by atoms with E-state index in [1.54, 1.807) is 6.92 Å². The first-order valence-electron chi connectivity index (χ1n) is 11.6. The molecule has 1 unspecified atom stereocenters. The minimum atomic E-state index is -0.623. The number of nitrogens with zero attached hydrogens (tertiary/aromatic N) is 1. The molecule has 0 N–H and O–H groups in total. The number of hydrogen-bond donors (Lipinski definition) is 0. The Hall–Kier alpha value is -2.10. The number of hydrogen-bond acceptors (Lipinski definition) is 2. The maximum absolute atomic E-state index is 14.2. The zero-order valence-corrected chi connectivity index (χ0v) is 21.4. The van der Waals surface area contributed by atoms with Crippen molar-refractivity contribution in [3.8, 4) is 0 Å². The van der Waals surface area contributed by atoms with Crippen LogP contribution < -0.4 is 0 Å². The molecule has 176 valence electrons. The number of allylic oxidation sites excluding steroid dienone is 1. The van der Waals surface area contributed by atoms with Crippen LogP contribution in [0.3, 0.4) is 0 Å². The van der Waals surface area contributed by atoms with Gasteiger partial charge in [-0.25, -0.2) is 0 Å². The van der Waals surface area contributed by atoms with Crippen LogP contribution in [0.2, 0.25) is 10.0 Å². The number of carbonyl (C=O) groups excluding carboxylic acids is 2. The minimum absolute atomic E-state index is 0.000679. The van der Waals surface area contributed by atoms with E-state index < -0.39 is 5.41 Å². The number of amides is 1. The highest BCUT2D eigenvalue weighted by atomic mass is 35.5. The van der Waals surface area contributed by atoms with E-state index in [4.69, 9.17) is 23.2 Å². The number of rotatable bonds is 8. The van der Waals surface area contributed by atoms with Gasteiger partial charge in [-0.3, -0.25) is 9.59 Å². The fourth-order valence-corrected chi connectivity index (χ4v) is 5.64. The van der Waals surface area contributed by atoms with E-state index in [0.717, 1.165) is 11.1 Å². The summed E-state index contributed by atoms with van der Waals surface area (Å²) in [5.74, 6) is -0.124. The predicted molar refractivity (Wildman–Crippen MR) is 137 cm³/mol. The molecule has 3 rings (SSSR count). The summed E-state index contributed by atoms with van der Waals surface area (Å²) in [4.78, 5) is 28.6. The van der Waals surface area contributed by atoms with Crippen LogP contribution in [-0.4, -0.2) is 22.6 Å². The molecule has 1 amide bonds. The zero-order valence-electron chi connectivity index (χ0n) is 19.9. The molecule has 33 heavy (non-hydrogen) atoms. The number of piperidine rings is 1. The standard InChI is InChI=1S/C28H33Cl2NO2/c1-6-15-28(5)17-24(21-9-8-10-23(30)16-21)26(20-11-13-22(29)14-12-20)31(27(28)33)25(7-2)18(3)19(4)32/h6,8-14,16,18,24-26H,1,7,15,17H2,2-5H3/t18-,24-,25+,26?,28+/m1/s1. The smallest absolute Gasteiger partial charge is 0.229 e. The van der Waals surface area contributed by atoms with Gasteiger partial charge in [-0.2, -0.15) is 0 Å². The van der Waals surface area contributed by atoms with Gasteiger partial charge >= 0.3 is 0 Å². The third-order valence-corrected chi connectivity index (χ3v) is 7.67. The van der Waals surface area contributed by atoms with E-state index >= 15 is 0 Å². The van der Waals surface area contributed by atoms with Gasteiger partial charge in [-0.15, -0.1) is 6.58 Å². The van der Waals surface area contributed by atoms with E-state index in [1.807, 2.05) is 74.2 Å². The van der Waals surface area contributed by atoms with E-state index in [-0.39, 0.29) is 35.6 Å². The number of halogens is 2. The summed E-state index contributed by atoms with van der Waals surface area (Å²) in [5, 5.41) is 1.31. The first-order valence-corrected chi connectivity index (χ1v) is 12.3. The van der Waals surface area contributed by atoms with Crippen LogP contribution in [0.1, 0.15) is 70.0 Å². The lowest BCUT2D eigenvalue weighted by Gasteiger charge is -2.53. The van der Waals surface area contributed by atoms with Gasteiger partial charge < -0.3 is 4.90 Å². The van der Waals surface area contributed by atoms with Gasteiger partial charge in [0.25, 0.3) is 0 Å². The maximum atomic E-state index is 14.2. The summed E-state index contributed by atoms with van der Waals surface area (Å²) in [6, 6.07) is 15.1. The van der Waals surface area contributed by atoms with Crippen LogP contribution in [-0.2, 0) is 9.59 Å². The summed E-state index contributed by atoms with van der Waals surface area (Å²) in [6.45, 7) is 11.5. The molecule has 1 heterocycles. The molecular formula is C28H33Cl2NO2. The van der Waals surface area contributed by atoms with Crippen molar-refractivity contribution < 1.29 is 9.59 Å². The molecule has 5 heteroatoms. The Kier molecular flexibility index (Phi) is 8.08. The van der Waals surface area contributed by atoms with Crippen molar-refractivity contribution in [1.82, 2.24) is 4.90 Å². The number of carbonyl (C=O) groups is 2. The monoisotopic (exact) mass is 485 g/mol. The number of benzene rings is 2. The molecule has 1 fully saturated rings. The summed E-state index contributed by atoms with van der Waals surface area (Å²) >= 11 is 12.6. The lowest BCUT2D eigenvalue weighted by molar-refractivity contribution is -0.157. The highest BCUT2D eigenvalue weighted by Gasteiger charge is 2.51. The van der Waals surface area contributed by atoms with Crippen molar-refractivity contribution in [2.75, 3.05) is 0 Å². The van der Waals surface area contributed by atoms with Crippen LogP contribution >= 0.6 is 23.2 Å². The first-order chi connectivity index (χ1) is 15.6. The third kappa shape index (κ3) is 5.20. The third-order valence-electron chi connectivity index (χ3n) is 7.18. The molecule has 1 aliphatic rings. The number of Topliss-reactive ketones (excluding diaryl/α,β-unsaturated/α-hetero) is 1. The molecule has 5 atom stereocenters. The molecule has 0 radical (unpaired) electrons. The van der Waals surface area contributed by atoms with Gasteiger partial charge in [-0.1, -0.05) is 74.3 Å². The summed E-state index contributed by atoms with van der Waals surface area (Å²) in [7, 11) is 0. The molecule has 2 aromatic carbocycles. The molecule has 1 saturated heterocycles. The van der Waals surface area contributed by atoms with E-state index in [1.165, 1.54) is 0 Å². The highest BCUT2D eigenvalue weighted by Crippen LogP contribution is 2.52. The molecule has 0 saturated carbocycles. The predicted octanol–water partition coefficient (Wildman–Crippen LogP) is 7.64. The lowest BCUT2D eigenvalue weighted by atomic mass is 9.66. The second-order valence-electron chi connectivity index (χ2n) is 9.50. The van der Waals surface area contributed by atoms with E-state index in [0.29, 0.717) is 29.3 Å². The van der Waals surface area contributed by atoms with Crippen molar-refractivity contribution in [3.05, 3.63) is 82.4 Å². The zero-order chi connectivity index (χ0) is 24.3. The number of likely N-dealkylation sites (tertiary alicyclic amines) is 1. The number of ketones is 1. The SMILES string of the molecule is C=CC[C@@]1(C)C[C@H](c2cccc(Cl)c2)C(c2ccc(Cl)cc2)N([C@@H](CC)[C@H](C)C(C)=O)C1=O. The Morgan fingerprint density at radius 1 is 1.18 bits per heavy atom. The Morgan fingerprint density at radius 2 is 1.85 bits per heavy atom. The van der Waals surface area contributed by atoms with Crippen LogP contribution in [0.5, 0.6) is 0 Å². The minimum Gasteiger partial charge on any atom is -0.331 e. The highest BCUT2D eigenvalue weighted by molar-refractivity contribution is 6.30. The van der Waals surface area contributed by atoms with Crippen molar-refractivity contribution >= 4 is 34.9 Å². The van der Waals surface area contributed by atoms with E-state index in [2.05, 4.69) is 12.6 Å². The van der Waals surface area contributed by atoms with Crippen LogP contribution in [0.15, 0.2) is 61.2 Å². The largest absolute Gasteiger partial charge is 0.331 e. The Balaban J connectivity index is 2.27. The Bertz CT molecular complexity index is 1020. The molecule has 0 aliphatic carbocycles. The van der Waals surface area contributed by atoms with Crippen molar-refractivity contribution in [1.29, 1.82) is 0 Å². The Morgan fingerprint density at radius 3 is 2.39 bits per heavy atom. The first kappa shape index (κ1) is 25.5. The fraction of sp³-hybridized carbons (Fsp3) is 0.429. The van der Waals surface area contributed by atoms with Gasteiger partial charge in [0.15, 0.2) is 0 Å². The van der Waals surface area contributed by atoms with Crippen LogP contribution in [0.25, 0.3) is 0 Å². The normalized spacial score (nSPS) is 24.9. The van der Waals surface area contributed by atoms with Gasteiger partial charge in [0.1, 0.15) is 5.78 Å². The molecular weight excluding hydrogens is 453 g/mol. The molecule has 3 nitrogen and oxygen atoms in total. The van der Waals surface area contributed by atoms with Crippen molar-refractivity contribution in [3.63, 3.8) is 0 Å². The van der Waals surface area contributed by atoms with Crippen LogP contribution in [0, 0.1) is 11.3 Å². The lowest BCUT2D eigenvalue weighted by Crippen LogP contribution is -2.57. The molecule has 0 spiro atoms. The van der Waals surface area contributed by atoms with Gasteiger partial charge in [0.05, 0.1) is 11.5 Å². The fourth-order valence-electron chi connectivity index (χ4n) is 5.31. The quantitative estimate of drug-likeness (QED) is 0.360. The van der Waals surface area contributed by atoms with Gasteiger partial charge in [0.2, 0.25) is 5.91 Å². The second kappa shape index (κ2) is 10.4. The average Bonchev–Trinajstić information content (AvgIpc) is 2.77. The van der Waals surface area contributed by atoms with Gasteiger partial charge in [-0.05, 0) is 61.6 Å². The molecule has 0 aromatic heterocycles. The Labute approximate surface area is 207 Å². The maximum Gasteiger partial charge on any atom is 0.229 e. The van der Waals surface area contributed by atoms with Gasteiger partial charge in [0, 0.05) is 27.9 Å². The summed E-state index contributed by atoms with van der Waals surface area (Å²) in [6.07, 6.45) is 3.73. The van der Waals surface area contributed by atoms with Crippen molar-refractivity contribution in [2.24, 2.45) is 11.3 Å². The van der Waals surface area contributed by atoms with Crippen LogP contribution in [0.4, 0.5) is 0 Å². The second-order valence-corrected chi connectivity index (χ2v) is 10.4. The van der Waals surface area contributed by atoms with E-state index in [9.17, 15) is 9.59 Å². The topological polar surface area (TPSA) is 37.4 Å². The van der Waals surface area contributed by atoms with Crippen molar-refractivity contribution in [2.45, 2.75) is 65.0 Å². The average molecular weight is 486 g/mol. The summed E-state index contributed by atoms with van der Waals surface area (Å²) in [5.41, 5.74) is 1.47. The molecule has 2 aromatic rings.